The number of aliphatic hydroxyl groups excluding tert-OH is 1. The molecule has 3 atom stereocenters. The molecule has 0 saturated heterocycles. The lowest BCUT2D eigenvalue weighted by Crippen LogP contribution is -2.29. The van der Waals surface area contributed by atoms with Gasteiger partial charge in [0.2, 0.25) is 0 Å². The Labute approximate surface area is 105 Å². The van der Waals surface area contributed by atoms with Gasteiger partial charge in [-0.25, -0.2) is 0 Å². The molecule has 0 aromatic carbocycles. The molecule has 3 heteroatoms. The van der Waals surface area contributed by atoms with Gasteiger partial charge in [0.15, 0.2) is 0 Å². The highest BCUT2D eigenvalue weighted by Crippen LogP contribution is 2.18. The largest absolute Gasteiger partial charge is 0.396 e. The first kappa shape index (κ1) is 16.4. The zero-order valence-electron chi connectivity index (χ0n) is 11.6. The van der Waals surface area contributed by atoms with Crippen LogP contribution in [0, 0.1) is 23.7 Å². The van der Waals surface area contributed by atoms with Gasteiger partial charge in [-0.1, -0.05) is 32.6 Å². The SMILES string of the molecule is CC(C)CC(C)(O)C#CC(C)(O)CC(C)CO. The van der Waals surface area contributed by atoms with Gasteiger partial charge in [0.05, 0.1) is 0 Å². The maximum Gasteiger partial charge on any atom is 0.123 e. The molecule has 0 aliphatic rings. The Balaban J connectivity index is 4.59. The Morgan fingerprint density at radius 3 is 1.71 bits per heavy atom. The monoisotopic (exact) mass is 242 g/mol. The van der Waals surface area contributed by atoms with Crippen LogP contribution in [0.1, 0.15) is 47.5 Å². The van der Waals surface area contributed by atoms with E-state index in [0.29, 0.717) is 18.8 Å². The summed E-state index contributed by atoms with van der Waals surface area (Å²) in [5, 5.41) is 29.0. The number of aliphatic hydroxyl groups is 3. The molecular formula is C14H26O3. The van der Waals surface area contributed by atoms with Gasteiger partial charge >= 0.3 is 0 Å². The molecule has 0 radical (unpaired) electrons. The molecule has 100 valence electrons. The van der Waals surface area contributed by atoms with Gasteiger partial charge < -0.3 is 15.3 Å². The lowest BCUT2D eigenvalue weighted by Gasteiger charge is -2.22. The fourth-order valence-corrected chi connectivity index (χ4v) is 1.91. The van der Waals surface area contributed by atoms with Crippen LogP contribution in [-0.4, -0.2) is 33.1 Å². The first-order valence-corrected chi connectivity index (χ1v) is 6.18. The molecule has 0 fully saturated rings. The van der Waals surface area contributed by atoms with E-state index in [-0.39, 0.29) is 12.5 Å². The summed E-state index contributed by atoms with van der Waals surface area (Å²) >= 11 is 0. The minimum Gasteiger partial charge on any atom is -0.396 e. The zero-order valence-corrected chi connectivity index (χ0v) is 11.6. The van der Waals surface area contributed by atoms with Crippen molar-refractivity contribution in [2.45, 2.75) is 58.7 Å². The predicted octanol–water partition coefficient (Wildman–Crippen LogP) is 1.56. The maximum atomic E-state index is 10.0. The second-order valence-electron chi connectivity index (χ2n) is 5.89. The van der Waals surface area contributed by atoms with Crippen LogP contribution in [0.3, 0.4) is 0 Å². The van der Waals surface area contributed by atoms with Crippen molar-refractivity contribution in [2.75, 3.05) is 6.61 Å². The fourth-order valence-electron chi connectivity index (χ4n) is 1.91. The lowest BCUT2D eigenvalue weighted by atomic mass is 9.91. The van der Waals surface area contributed by atoms with Crippen LogP contribution in [0.15, 0.2) is 0 Å². The molecule has 0 spiro atoms. The van der Waals surface area contributed by atoms with Gasteiger partial charge in [-0.15, -0.1) is 0 Å². The highest BCUT2D eigenvalue weighted by Gasteiger charge is 2.23. The van der Waals surface area contributed by atoms with Crippen molar-refractivity contribution in [3.8, 4) is 11.8 Å². The van der Waals surface area contributed by atoms with E-state index < -0.39 is 11.2 Å². The van der Waals surface area contributed by atoms with Crippen LogP contribution < -0.4 is 0 Å². The Bertz CT molecular complexity index is 282. The Hall–Kier alpha value is -0.560. The summed E-state index contributed by atoms with van der Waals surface area (Å²) in [6.07, 6.45) is 0.972. The van der Waals surface area contributed by atoms with Crippen LogP contribution in [0.4, 0.5) is 0 Å². The van der Waals surface area contributed by atoms with Crippen molar-refractivity contribution >= 4 is 0 Å². The van der Waals surface area contributed by atoms with Crippen LogP contribution in [-0.2, 0) is 0 Å². The molecule has 17 heavy (non-hydrogen) atoms. The third kappa shape index (κ3) is 8.20. The Kier molecular flexibility index (Phi) is 6.18. The fraction of sp³-hybridized carbons (Fsp3) is 0.857. The van der Waals surface area contributed by atoms with Crippen LogP contribution in [0.2, 0.25) is 0 Å². The molecule has 0 saturated carbocycles. The van der Waals surface area contributed by atoms with E-state index >= 15 is 0 Å². The first-order valence-electron chi connectivity index (χ1n) is 6.18. The zero-order chi connectivity index (χ0) is 13.7. The van der Waals surface area contributed by atoms with Gasteiger partial charge in [0, 0.05) is 6.61 Å². The van der Waals surface area contributed by atoms with Crippen molar-refractivity contribution in [3.63, 3.8) is 0 Å². The van der Waals surface area contributed by atoms with E-state index in [9.17, 15) is 10.2 Å². The van der Waals surface area contributed by atoms with Gasteiger partial charge in [0.25, 0.3) is 0 Å². The topological polar surface area (TPSA) is 60.7 Å². The minimum absolute atomic E-state index is 0.00523. The van der Waals surface area contributed by atoms with E-state index in [1.807, 2.05) is 20.8 Å². The molecule has 0 rings (SSSR count). The Morgan fingerprint density at radius 2 is 1.35 bits per heavy atom. The second-order valence-corrected chi connectivity index (χ2v) is 5.89. The summed E-state index contributed by atoms with van der Waals surface area (Å²) in [7, 11) is 0. The average Bonchev–Trinajstić information content (AvgIpc) is 2.12. The summed E-state index contributed by atoms with van der Waals surface area (Å²) in [4.78, 5) is 0. The molecule has 0 aliphatic heterocycles. The van der Waals surface area contributed by atoms with Crippen molar-refractivity contribution in [1.82, 2.24) is 0 Å². The summed E-state index contributed by atoms with van der Waals surface area (Å²) in [5.74, 6) is 5.79. The van der Waals surface area contributed by atoms with E-state index in [1.165, 1.54) is 0 Å². The maximum absolute atomic E-state index is 10.0. The number of rotatable bonds is 5. The smallest absolute Gasteiger partial charge is 0.123 e. The van der Waals surface area contributed by atoms with Crippen molar-refractivity contribution in [2.24, 2.45) is 11.8 Å². The summed E-state index contributed by atoms with van der Waals surface area (Å²) < 4.78 is 0. The highest BCUT2D eigenvalue weighted by molar-refractivity contribution is 5.19. The minimum atomic E-state index is -1.16. The normalized spacial score (nSPS) is 20.1. The van der Waals surface area contributed by atoms with Crippen molar-refractivity contribution in [1.29, 1.82) is 0 Å². The molecule has 0 amide bonds. The molecular weight excluding hydrogens is 216 g/mol. The molecule has 3 nitrogen and oxygen atoms in total. The molecule has 0 heterocycles. The van der Waals surface area contributed by atoms with Gasteiger partial charge in [0.1, 0.15) is 11.2 Å². The summed E-state index contributed by atoms with van der Waals surface area (Å²) in [5.41, 5.74) is -2.23. The van der Waals surface area contributed by atoms with Crippen LogP contribution in [0.5, 0.6) is 0 Å². The molecule has 3 unspecified atom stereocenters. The Morgan fingerprint density at radius 1 is 0.941 bits per heavy atom. The quantitative estimate of drug-likeness (QED) is 0.641. The van der Waals surface area contributed by atoms with Crippen molar-refractivity contribution < 1.29 is 15.3 Å². The van der Waals surface area contributed by atoms with Crippen LogP contribution in [0.25, 0.3) is 0 Å². The molecule has 0 aromatic rings. The third-order valence-electron chi connectivity index (χ3n) is 2.46. The van der Waals surface area contributed by atoms with E-state index in [1.54, 1.807) is 13.8 Å². The third-order valence-corrected chi connectivity index (χ3v) is 2.46. The molecule has 0 aromatic heterocycles. The van der Waals surface area contributed by atoms with Gasteiger partial charge in [-0.05, 0) is 38.5 Å². The van der Waals surface area contributed by atoms with Gasteiger partial charge in [-0.3, -0.25) is 0 Å². The predicted molar refractivity (Wildman–Crippen MR) is 69.3 cm³/mol. The van der Waals surface area contributed by atoms with E-state index in [2.05, 4.69) is 11.8 Å². The standard InChI is InChI=1S/C14H26O3/c1-11(2)8-13(4,16)6-7-14(5,17)9-12(3)10-15/h11-12,15-17H,8-10H2,1-5H3. The molecule has 0 bridgehead atoms. The second kappa shape index (κ2) is 6.39. The highest BCUT2D eigenvalue weighted by atomic mass is 16.3. The van der Waals surface area contributed by atoms with Gasteiger partial charge in [-0.2, -0.15) is 0 Å². The number of hydrogen-bond donors (Lipinski definition) is 3. The molecule has 0 aliphatic carbocycles. The number of hydrogen-bond acceptors (Lipinski definition) is 3. The van der Waals surface area contributed by atoms with Crippen LogP contribution >= 0.6 is 0 Å². The first-order chi connectivity index (χ1) is 7.58. The summed E-state index contributed by atoms with van der Waals surface area (Å²) in [6, 6.07) is 0. The summed E-state index contributed by atoms with van der Waals surface area (Å²) in [6.45, 7) is 9.18. The average molecular weight is 242 g/mol. The molecule has 3 N–H and O–H groups in total. The lowest BCUT2D eigenvalue weighted by molar-refractivity contribution is 0.0742. The van der Waals surface area contributed by atoms with Crippen molar-refractivity contribution in [3.05, 3.63) is 0 Å². The van der Waals surface area contributed by atoms with E-state index in [4.69, 9.17) is 5.11 Å². The van der Waals surface area contributed by atoms with E-state index in [0.717, 1.165) is 0 Å².